The van der Waals surface area contributed by atoms with Crippen LogP contribution in [-0.4, -0.2) is 27.6 Å². The summed E-state index contributed by atoms with van der Waals surface area (Å²) >= 11 is 0. The standard InChI is InChI=1S/C17H15N5O2/c1-2-3-8-19-17-22-21-16(24-17)15(23)20-11-12-6-7-14-13(10-12)5-4-9-18-14/h4-7,9-10H,8,11H2,1H3,(H,19,22)(H,20,23). The average Bonchev–Trinajstić information content (AvgIpc) is 3.09. The van der Waals surface area contributed by atoms with Gasteiger partial charge >= 0.3 is 17.8 Å². The number of anilines is 1. The molecule has 0 bridgehead atoms. The van der Waals surface area contributed by atoms with Crippen molar-refractivity contribution in [3.63, 3.8) is 0 Å². The van der Waals surface area contributed by atoms with Crippen LogP contribution in [0.5, 0.6) is 0 Å². The van der Waals surface area contributed by atoms with Gasteiger partial charge in [-0.15, -0.1) is 11.0 Å². The van der Waals surface area contributed by atoms with Crippen molar-refractivity contribution in [3.05, 3.63) is 48.0 Å². The van der Waals surface area contributed by atoms with Crippen molar-refractivity contribution < 1.29 is 9.21 Å². The summed E-state index contributed by atoms with van der Waals surface area (Å²) in [5, 5.41) is 14.0. The van der Waals surface area contributed by atoms with Gasteiger partial charge in [-0.1, -0.05) is 23.2 Å². The van der Waals surface area contributed by atoms with Gasteiger partial charge in [0.1, 0.15) is 0 Å². The fourth-order valence-corrected chi connectivity index (χ4v) is 2.09. The third-order valence-corrected chi connectivity index (χ3v) is 3.24. The number of pyridine rings is 1. The van der Waals surface area contributed by atoms with Crippen LogP contribution in [0, 0.1) is 11.8 Å². The summed E-state index contributed by atoms with van der Waals surface area (Å²) in [5.74, 6) is 5.01. The molecule has 0 atom stereocenters. The SMILES string of the molecule is CC#CCNc1nnc(C(=O)NCc2ccc3ncccc3c2)o1. The Morgan fingerprint density at radius 2 is 2.21 bits per heavy atom. The summed E-state index contributed by atoms with van der Waals surface area (Å²) in [7, 11) is 0. The minimum Gasteiger partial charge on any atom is -0.399 e. The molecular formula is C17H15N5O2. The molecule has 0 saturated heterocycles. The number of aromatic nitrogens is 3. The summed E-state index contributed by atoms with van der Waals surface area (Å²) < 4.78 is 5.23. The predicted octanol–water partition coefficient (Wildman–Crippen LogP) is 1.98. The van der Waals surface area contributed by atoms with Crippen molar-refractivity contribution in [1.29, 1.82) is 0 Å². The summed E-state index contributed by atoms with van der Waals surface area (Å²) in [6.45, 7) is 2.47. The molecule has 0 saturated carbocycles. The minimum absolute atomic E-state index is 0.0931. The van der Waals surface area contributed by atoms with Crippen LogP contribution < -0.4 is 10.6 Å². The molecule has 3 aromatic rings. The molecule has 0 aliphatic carbocycles. The Morgan fingerprint density at radius 1 is 1.29 bits per heavy atom. The highest BCUT2D eigenvalue weighted by atomic mass is 16.4. The first-order valence-electron chi connectivity index (χ1n) is 7.35. The molecule has 1 amide bonds. The summed E-state index contributed by atoms with van der Waals surface area (Å²) in [6.07, 6.45) is 1.75. The molecule has 2 heterocycles. The van der Waals surface area contributed by atoms with E-state index in [9.17, 15) is 4.79 Å². The summed E-state index contributed by atoms with van der Waals surface area (Å²) in [4.78, 5) is 16.3. The highest BCUT2D eigenvalue weighted by Crippen LogP contribution is 2.13. The number of carbonyl (C=O) groups excluding carboxylic acids is 1. The van der Waals surface area contributed by atoms with Crippen LogP contribution in [0.15, 0.2) is 40.9 Å². The third kappa shape index (κ3) is 3.67. The molecule has 0 aliphatic rings. The number of hydrogen-bond acceptors (Lipinski definition) is 6. The molecule has 1 aromatic carbocycles. The van der Waals surface area contributed by atoms with Gasteiger partial charge in [0.25, 0.3) is 0 Å². The van der Waals surface area contributed by atoms with Gasteiger partial charge in [0, 0.05) is 18.1 Å². The van der Waals surface area contributed by atoms with Crippen molar-refractivity contribution in [2.45, 2.75) is 13.5 Å². The molecule has 0 fully saturated rings. The minimum atomic E-state index is -0.427. The van der Waals surface area contributed by atoms with E-state index < -0.39 is 5.91 Å². The molecule has 24 heavy (non-hydrogen) atoms. The van der Waals surface area contributed by atoms with Crippen molar-refractivity contribution in [1.82, 2.24) is 20.5 Å². The normalized spacial score (nSPS) is 10.0. The zero-order valence-corrected chi connectivity index (χ0v) is 13.0. The topological polar surface area (TPSA) is 92.9 Å². The molecule has 2 N–H and O–H groups in total. The quantitative estimate of drug-likeness (QED) is 0.698. The van der Waals surface area contributed by atoms with Gasteiger partial charge in [0.2, 0.25) is 0 Å². The highest BCUT2D eigenvalue weighted by molar-refractivity contribution is 5.89. The predicted molar refractivity (Wildman–Crippen MR) is 89.2 cm³/mol. The molecule has 7 nitrogen and oxygen atoms in total. The third-order valence-electron chi connectivity index (χ3n) is 3.24. The van der Waals surface area contributed by atoms with Gasteiger partial charge < -0.3 is 15.1 Å². The second-order valence-corrected chi connectivity index (χ2v) is 4.91. The Hall–Kier alpha value is -3.40. The zero-order chi connectivity index (χ0) is 16.8. The molecule has 7 heteroatoms. The van der Waals surface area contributed by atoms with Crippen LogP contribution in [0.3, 0.4) is 0 Å². The fourth-order valence-electron chi connectivity index (χ4n) is 2.09. The first-order valence-corrected chi connectivity index (χ1v) is 7.35. The Bertz CT molecular complexity index is 923. The number of carbonyl (C=O) groups is 1. The van der Waals surface area contributed by atoms with E-state index in [2.05, 4.69) is 37.7 Å². The second kappa shape index (κ2) is 7.24. The monoisotopic (exact) mass is 321 g/mol. The van der Waals surface area contributed by atoms with Crippen molar-refractivity contribution in [2.24, 2.45) is 0 Å². The molecule has 0 aliphatic heterocycles. The van der Waals surface area contributed by atoms with Crippen molar-refractivity contribution in [3.8, 4) is 11.8 Å². The number of benzene rings is 1. The Labute approximate surface area is 138 Å². The lowest BCUT2D eigenvalue weighted by atomic mass is 10.1. The van der Waals surface area contributed by atoms with E-state index in [4.69, 9.17) is 4.42 Å². The molecule has 2 aromatic heterocycles. The molecule has 0 unspecified atom stereocenters. The Balaban J connectivity index is 1.60. The molecule has 120 valence electrons. The van der Waals surface area contributed by atoms with E-state index in [0.717, 1.165) is 16.5 Å². The summed E-state index contributed by atoms with van der Waals surface area (Å²) in [6, 6.07) is 9.83. The van der Waals surface area contributed by atoms with Crippen LogP contribution in [0.1, 0.15) is 23.2 Å². The van der Waals surface area contributed by atoms with E-state index in [0.29, 0.717) is 13.1 Å². The molecule has 3 rings (SSSR count). The largest absolute Gasteiger partial charge is 0.399 e. The number of rotatable bonds is 5. The molecule has 0 spiro atoms. The smallest absolute Gasteiger partial charge is 0.316 e. The zero-order valence-electron chi connectivity index (χ0n) is 13.0. The fraction of sp³-hybridized carbons (Fsp3) is 0.176. The van der Waals surface area contributed by atoms with E-state index in [1.807, 2.05) is 30.3 Å². The van der Waals surface area contributed by atoms with Crippen LogP contribution in [0.2, 0.25) is 0 Å². The lowest BCUT2D eigenvalue weighted by Crippen LogP contribution is -2.23. The van der Waals surface area contributed by atoms with Crippen molar-refractivity contribution in [2.75, 3.05) is 11.9 Å². The van der Waals surface area contributed by atoms with Gasteiger partial charge in [0.05, 0.1) is 12.1 Å². The molecular weight excluding hydrogens is 306 g/mol. The average molecular weight is 321 g/mol. The van der Waals surface area contributed by atoms with E-state index in [1.165, 1.54) is 0 Å². The maximum atomic E-state index is 12.0. The Kier molecular flexibility index (Phi) is 4.68. The number of nitrogens with zero attached hydrogens (tertiary/aromatic N) is 3. The van der Waals surface area contributed by atoms with Crippen molar-refractivity contribution >= 4 is 22.8 Å². The van der Waals surface area contributed by atoms with Gasteiger partial charge in [-0.3, -0.25) is 9.78 Å². The van der Waals surface area contributed by atoms with Crippen LogP contribution in [0.25, 0.3) is 10.9 Å². The van der Waals surface area contributed by atoms with Gasteiger partial charge in [-0.05, 0) is 30.7 Å². The van der Waals surface area contributed by atoms with Crippen LogP contribution >= 0.6 is 0 Å². The van der Waals surface area contributed by atoms with E-state index in [1.54, 1.807) is 13.1 Å². The van der Waals surface area contributed by atoms with E-state index >= 15 is 0 Å². The number of fused-ring (bicyclic) bond motifs is 1. The maximum absolute atomic E-state index is 12.0. The Morgan fingerprint density at radius 3 is 3.08 bits per heavy atom. The number of hydrogen-bond donors (Lipinski definition) is 2. The van der Waals surface area contributed by atoms with Gasteiger partial charge in [-0.2, -0.15) is 0 Å². The lowest BCUT2D eigenvalue weighted by molar-refractivity contribution is 0.0917. The summed E-state index contributed by atoms with van der Waals surface area (Å²) in [5.41, 5.74) is 1.87. The van der Waals surface area contributed by atoms with Gasteiger partial charge in [0.15, 0.2) is 0 Å². The lowest BCUT2D eigenvalue weighted by Gasteiger charge is -2.04. The van der Waals surface area contributed by atoms with Gasteiger partial charge in [-0.25, -0.2) is 0 Å². The number of amides is 1. The second-order valence-electron chi connectivity index (χ2n) is 4.91. The highest BCUT2D eigenvalue weighted by Gasteiger charge is 2.14. The van der Waals surface area contributed by atoms with Crippen LogP contribution in [0.4, 0.5) is 6.01 Å². The first kappa shape index (κ1) is 15.5. The van der Waals surface area contributed by atoms with E-state index in [-0.39, 0.29) is 11.9 Å². The maximum Gasteiger partial charge on any atom is 0.316 e. The molecule has 0 radical (unpaired) electrons. The number of nitrogens with one attached hydrogen (secondary N) is 2. The first-order chi connectivity index (χ1) is 11.8. The van der Waals surface area contributed by atoms with Crippen LogP contribution in [-0.2, 0) is 6.54 Å².